The van der Waals surface area contributed by atoms with Gasteiger partial charge in [-0.05, 0) is 48.7 Å². The van der Waals surface area contributed by atoms with Gasteiger partial charge in [0.05, 0.1) is 10.6 Å². The summed E-state index contributed by atoms with van der Waals surface area (Å²) in [7, 11) is 0. The Hall–Kier alpha value is -2.48. The van der Waals surface area contributed by atoms with Crippen LogP contribution in [0.25, 0.3) is 21.3 Å². The van der Waals surface area contributed by atoms with Gasteiger partial charge in [-0.25, -0.2) is 14.4 Å². The molecule has 4 aromatic rings. The first-order valence-electron chi connectivity index (χ1n) is 9.68. The molecule has 0 aliphatic heterocycles. The summed E-state index contributed by atoms with van der Waals surface area (Å²) in [5.74, 6) is -0.392. The number of anilines is 1. The largest absolute Gasteiger partial charge is 0.325 e. The molecule has 0 aliphatic carbocycles. The molecule has 0 saturated heterocycles. The summed E-state index contributed by atoms with van der Waals surface area (Å²) in [6.07, 6.45) is 2.14. The Balaban J connectivity index is 1.65. The number of thioether (sulfide) groups is 1. The van der Waals surface area contributed by atoms with Crippen LogP contribution in [-0.4, -0.2) is 21.1 Å². The Morgan fingerprint density at radius 3 is 2.74 bits per heavy atom. The molecule has 0 saturated carbocycles. The number of fused-ring (bicyclic) bond motifs is 1. The summed E-state index contributed by atoms with van der Waals surface area (Å²) < 4.78 is 13.4. The maximum atomic E-state index is 13.4. The Morgan fingerprint density at radius 1 is 1.23 bits per heavy atom. The summed E-state index contributed by atoms with van der Waals surface area (Å²) in [5.41, 5.74) is 3.46. The van der Waals surface area contributed by atoms with Crippen LogP contribution < -0.4 is 5.32 Å². The molecule has 0 bridgehead atoms. The minimum Gasteiger partial charge on any atom is -0.325 e. The molecule has 0 radical (unpaired) electrons. The van der Waals surface area contributed by atoms with Gasteiger partial charge in [0.15, 0.2) is 0 Å². The summed E-state index contributed by atoms with van der Waals surface area (Å²) in [5, 5.41) is 6.82. The van der Waals surface area contributed by atoms with Crippen LogP contribution in [0.15, 0.2) is 59.2 Å². The fourth-order valence-corrected chi connectivity index (χ4v) is 5.37. The molecule has 31 heavy (non-hydrogen) atoms. The van der Waals surface area contributed by atoms with Gasteiger partial charge in [-0.3, -0.25) is 4.79 Å². The van der Waals surface area contributed by atoms with Crippen LogP contribution in [0, 0.1) is 12.7 Å². The lowest BCUT2D eigenvalue weighted by Crippen LogP contribution is -2.25. The molecule has 0 aliphatic rings. The van der Waals surface area contributed by atoms with Crippen molar-refractivity contribution < 1.29 is 9.18 Å². The number of benzene rings is 2. The van der Waals surface area contributed by atoms with E-state index in [0.29, 0.717) is 17.1 Å². The molecular weight excluding hydrogens is 453 g/mol. The van der Waals surface area contributed by atoms with Crippen LogP contribution in [0.1, 0.15) is 18.9 Å². The number of nitrogens with zero attached hydrogens (tertiary/aromatic N) is 2. The number of carbonyl (C=O) groups excluding carboxylic acids is 1. The van der Waals surface area contributed by atoms with E-state index in [1.807, 2.05) is 25.3 Å². The van der Waals surface area contributed by atoms with Gasteiger partial charge >= 0.3 is 0 Å². The lowest BCUT2D eigenvalue weighted by atomic mass is 10.1. The molecule has 0 fully saturated rings. The fraction of sp³-hybridized carbons (Fsp3) is 0.174. The molecule has 4 rings (SSSR count). The van der Waals surface area contributed by atoms with Crippen molar-refractivity contribution in [3.05, 3.63) is 70.6 Å². The van der Waals surface area contributed by atoms with E-state index in [4.69, 9.17) is 11.6 Å². The molecule has 4 nitrogen and oxygen atoms in total. The second-order valence-corrected chi connectivity index (χ2v) is 9.46. The van der Waals surface area contributed by atoms with Crippen molar-refractivity contribution in [2.75, 3.05) is 5.32 Å². The minimum atomic E-state index is -0.350. The first kappa shape index (κ1) is 21.7. The Morgan fingerprint density at radius 2 is 2.00 bits per heavy atom. The third-order valence-electron chi connectivity index (χ3n) is 4.87. The van der Waals surface area contributed by atoms with Gasteiger partial charge < -0.3 is 5.32 Å². The maximum Gasteiger partial charge on any atom is 0.237 e. The normalized spacial score (nSPS) is 12.1. The zero-order valence-electron chi connectivity index (χ0n) is 16.9. The fourth-order valence-electron chi connectivity index (χ4n) is 3.18. The molecule has 1 unspecified atom stereocenters. The molecule has 2 aromatic heterocycles. The average molecular weight is 472 g/mol. The first-order valence-corrected chi connectivity index (χ1v) is 11.8. The third-order valence-corrected chi connectivity index (χ3v) is 7.35. The van der Waals surface area contributed by atoms with Crippen molar-refractivity contribution in [1.82, 2.24) is 9.97 Å². The van der Waals surface area contributed by atoms with E-state index >= 15 is 0 Å². The number of hydrogen-bond acceptors (Lipinski definition) is 5. The van der Waals surface area contributed by atoms with Crippen LogP contribution in [0.4, 0.5) is 10.1 Å². The molecule has 0 spiro atoms. The number of thiophene rings is 1. The second-order valence-electron chi connectivity index (χ2n) is 6.98. The van der Waals surface area contributed by atoms with Crippen molar-refractivity contribution >= 4 is 56.5 Å². The van der Waals surface area contributed by atoms with Crippen LogP contribution in [0.2, 0.25) is 5.02 Å². The van der Waals surface area contributed by atoms with Gasteiger partial charge in [0.2, 0.25) is 5.91 Å². The van der Waals surface area contributed by atoms with Gasteiger partial charge in [-0.2, -0.15) is 0 Å². The molecule has 158 valence electrons. The van der Waals surface area contributed by atoms with Crippen molar-refractivity contribution in [3.63, 3.8) is 0 Å². The Bertz CT molecular complexity index is 1240. The molecule has 2 heterocycles. The molecular formula is C23H19ClFN3OS2. The number of hydrogen-bond donors (Lipinski definition) is 1. The zero-order chi connectivity index (χ0) is 22.0. The number of rotatable bonds is 6. The van der Waals surface area contributed by atoms with Crippen molar-refractivity contribution in [2.24, 2.45) is 0 Å². The van der Waals surface area contributed by atoms with E-state index in [1.165, 1.54) is 41.6 Å². The van der Waals surface area contributed by atoms with Crippen molar-refractivity contribution in [1.29, 1.82) is 0 Å². The molecule has 8 heteroatoms. The summed E-state index contributed by atoms with van der Waals surface area (Å²) in [4.78, 5) is 22.7. The van der Waals surface area contributed by atoms with E-state index < -0.39 is 0 Å². The highest BCUT2D eigenvalue weighted by atomic mass is 35.5. The summed E-state index contributed by atoms with van der Waals surface area (Å²) in [6, 6.07) is 11.8. The highest BCUT2D eigenvalue weighted by Gasteiger charge is 2.22. The number of halogens is 2. The summed E-state index contributed by atoms with van der Waals surface area (Å²) in [6.45, 7) is 3.89. The number of aryl methyl sites for hydroxylation is 1. The van der Waals surface area contributed by atoms with Gasteiger partial charge in [0, 0.05) is 21.7 Å². The van der Waals surface area contributed by atoms with Crippen LogP contribution >= 0.6 is 34.7 Å². The number of amides is 1. The van der Waals surface area contributed by atoms with Crippen LogP contribution in [0.5, 0.6) is 0 Å². The number of nitrogens with one attached hydrogen (secondary N) is 1. The van der Waals surface area contributed by atoms with Crippen LogP contribution in [0.3, 0.4) is 0 Å². The van der Waals surface area contributed by atoms with Gasteiger partial charge in [0.1, 0.15) is 22.0 Å². The van der Waals surface area contributed by atoms with E-state index in [-0.39, 0.29) is 17.0 Å². The molecule has 2 aromatic carbocycles. The lowest BCUT2D eigenvalue weighted by molar-refractivity contribution is -0.115. The van der Waals surface area contributed by atoms with Gasteiger partial charge in [0.25, 0.3) is 0 Å². The Kier molecular flexibility index (Phi) is 6.55. The van der Waals surface area contributed by atoms with Crippen molar-refractivity contribution in [2.45, 2.75) is 30.5 Å². The first-order chi connectivity index (χ1) is 15.0. The highest BCUT2D eigenvalue weighted by molar-refractivity contribution is 8.00. The standard InChI is InChI=1S/C23H19ClFN3OS2/c1-3-19(21(29)28-18-10-15(24)7-4-13(18)2)31-23-20-17(11-30-22(20)26-12-27-23)14-5-8-16(25)9-6-14/h4-12,19H,3H2,1-2H3,(H,28,29). The highest BCUT2D eigenvalue weighted by Crippen LogP contribution is 2.39. The number of aromatic nitrogens is 2. The Labute approximate surface area is 192 Å². The zero-order valence-corrected chi connectivity index (χ0v) is 19.2. The second kappa shape index (κ2) is 9.34. The van der Waals surface area contributed by atoms with E-state index in [1.54, 1.807) is 24.3 Å². The smallest absolute Gasteiger partial charge is 0.237 e. The van der Waals surface area contributed by atoms with Crippen LogP contribution in [-0.2, 0) is 4.79 Å². The van der Waals surface area contributed by atoms with E-state index in [9.17, 15) is 9.18 Å². The average Bonchev–Trinajstić information content (AvgIpc) is 3.20. The molecule has 1 N–H and O–H groups in total. The predicted molar refractivity (Wildman–Crippen MR) is 128 cm³/mol. The van der Waals surface area contributed by atoms with E-state index in [0.717, 1.165) is 31.9 Å². The topological polar surface area (TPSA) is 54.9 Å². The van der Waals surface area contributed by atoms with Gasteiger partial charge in [-0.15, -0.1) is 11.3 Å². The molecule has 1 atom stereocenters. The van der Waals surface area contributed by atoms with Gasteiger partial charge in [-0.1, -0.05) is 48.5 Å². The SMILES string of the molecule is CCC(Sc1ncnc2scc(-c3ccc(F)cc3)c12)C(=O)Nc1cc(Cl)ccc1C. The van der Waals surface area contributed by atoms with Crippen molar-refractivity contribution in [3.8, 4) is 11.1 Å². The molecule has 1 amide bonds. The summed E-state index contributed by atoms with van der Waals surface area (Å²) >= 11 is 9.00. The minimum absolute atomic E-state index is 0.108. The van der Waals surface area contributed by atoms with E-state index in [2.05, 4.69) is 15.3 Å². The monoisotopic (exact) mass is 471 g/mol. The lowest BCUT2D eigenvalue weighted by Gasteiger charge is -2.16. The third kappa shape index (κ3) is 4.74. The quantitative estimate of drug-likeness (QED) is 0.244. The number of carbonyl (C=O) groups is 1. The maximum absolute atomic E-state index is 13.4. The predicted octanol–water partition coefficient (Wildman–Crippen LogP) is 6.97.